The van der Waals surface area contributed by atoms with Crippen molar-refractivity contribution < 1.29 is 9.53 Å². The summed E-state index contributed by atoms with van der Waals surface area (Å²) in [5.74, 6) is 0.324. The number of likely N-dealkylation sites (tertiary alicyclic amines) is 1. The number of hydrogen-bond donors (Lipinski definition) is 0. The third-order valence-electron chi connectivity index (χ3n) is 3.72. The van der Waals surface area contributed by atoms with E-state index in [0.717, 1.165) is 18.5 Å². The number of amides is 1. The minimum absolute atomic E-state index is 0.0316. The van der Waals surface area contributed by atoms with Crippen LogP contribution in [-0.4, -0.2) is 38.9 Å². The number of rotatable bonds is 4. The first-order valence-electron chi connectivity index (χ1n) is 7.46. The van der Waals surface area contributed by atoms with Crippen LogP contribution in [0.1, 0.15) is 41.9 Å². The SMILES string of the molecule is CCOc1ncccc1C(=O)N1CCCC1c1cnccn1. The van der Waals surface area contributed by atoms with Crippen LogP contribution >= 0.6 is 0 Å². The van der Waals surface area contributed by atoms with Gasteiger partial charge in [0.25, 0.3) is 5.91 Å². The molecular weight excluding hydrogens is 280 g/mol. The average Bonchev–Trinajstić information content (AvgIpc) is 3.05. The highest BCUT2D eigenvalue weighted by Crippen LogP contribution is 2.32. The second-order valence-electron chi connectivity index (χ2n) is 5.08. The fraction of sp³-hybridized carbons (Fsp3) is 0.375. The van der Waals surface area contributed by atoms with E-state index in [4.69, 9.17) is 4.74 Å². The van der Waals surface area contributed by atoms with Gasteiger partial charge in [0.05, 0.1) is 24.5 Å². The summed E-state index contributed by atoms with van der Waals surface area (Å²) in [6, 6.07) is 3.48. The maximum atomic E-state index is 12.9. The lowest BCUT2D eigenvalue weighted by atomic mass is 10.1. The van der Waals surface area contributed by atoms with Gasteiger partial charge in [0, 0.05) is 25.1 Å². The van der Waals surface area contributed by atoms with E-state index in [0.29, 0.717) is 24.6 Å². The summed E-state index contributed by atoms with van der Waals surface area (Å²) < 4.78 is 5.47. The van der Waals surface area contributed by atoms with Crippen molar-refractivity contribution in [3.8, 4) is 5.88 Å². The molecule has 0 N–H and O–H groups in total. The largest absolute Gasteiger partial charge is 0.477 e. The summed E-state index contributed by atoms with van der Waals surface area (Å²) >= 11 is 0. The van der Waals surface area contributed by atoms with E-state index in [9.17, 15) is 4.79 Å². The lowest BCUT2D eigenvalue weighted by molar-refractivity contribution is 0.0727. The third kappa shape index (κ3) is 2.77. The molecule has 3 heterocycles. The molecule has 22 heavy (non-hydrogen) atoms. The van der Waals surface area contributed by atoms with Gasteiger partial charge in [-0.15, -0.1) is 0 Å². The summed E-state index contributed by atoms with van der Waals surface area (Å²) in [6.07, 6.45) is 8.51. The molecule has 2 aromatic heterocycles. The van der Waals surface area contributed by atoms with Gasteiger partial charge >= 0.3 is 0 Å². The smallest absolute Gasteiger partial charge is 0.259 e. The Bertz CT molecular complexity index is 648. The Morgan fingerprint density at radius 2 is 2.27 bits per heavy atom. The van der Waals surface area contributed by atoms with Gasteiger partial charge in [-0.25, -0.2) is 4.98 Å². The van der Waals surface area contributed by atoms with E-state index in [2.05, 4.69) is 15.0 Å². The second-order valence-corrected chi connectivity index (χ2v) is 5.08. The normalized spacial score (nSPS) is 17.5. The topological polar surface area (TPSA) is 68.2 Å². The molecule has 0 aliphatic carbocycles. The van der Waals surface area contributed by atoms with Gasteiger partial charge < -0.3 is 9.64 Å². The molecule has 1 amide bonds. The number of carbonyl (C=O) groups is 1. The summed E-state index contributed by atoms with van der Waals surface area (Å²) in [7, 11) is 0. The summed E-state index contributed by atoms with van der Waals surface area (Å²) in [5, 5.41) is 0. The molecule has 1 aliphatic heterocycles. The van der Waals surface area contributed by atoms with Crippen molar-refractivity contribution in [2.75, 3.05) is 13.2 Å². The van der Waals surface area contributed by atoms with Gasteiger partial charge in [0.15, 0.2) is 0 Å². The van der Waals surface area contributed by atoms with Gasteiger partial charge in [-0.3, -0.25) is 14.8 Å². The van der Waals surface area contributed by atoms with E-state index in [1.54, 1.807) is 36.9 Å². The van der Waals surface area contributed by atoms with Crippen molar-refractivity contribution in [1.82, 2.24) is 19.9 Å². The molecule has 114 valence electrons. The maximum Gasteiger partial charge on any atom is 0.259 e. The van der Waals surface area contributed by atoms with Gasteiger partial charge in [-0.05, 0) is 31.9 Å². The van der Waals surface area contributed by atoms with E-state index >= 15 is 0 Å². The average molecular weight is 298 g/mol. The lowest BCUT2D eigenvalue weighted by Crippen LogP contribution is -2.31. The fourth-order valence-corrected chi connectivity index (χ4v) is 2.76. The van der Waals surface area contributed by atoms with Gasteiger partial charge in [0.1, 0.15) is 5.56 Å². The quantitative estimate of drug-likeness (QED) is 0.866. The molecule has 0 saturated carbocycles. The first kappa shape index (κ1) is 14.4. The zero-order valence-corrected chi connectivity index (χ0v) is 12.5. The Kier molecular flexibility index (Phi) is 4.27. The van der Waals surface area contributed by atoms with Crippen LogP contribution in [0.4, 0.5) is 0 Å². The number of hydrogen-bond acceptors (Lipinski definition) is 5. The van der Waals surface area contributed by atoms with Crippen LogP contribution < -0.4 is 4.74 Å². The Morgan fingerprint density at radius 1 is 1.36 bits per heavy atom. The standard InChI is InChI=1S/C16H18N4O2/c1-2-22-15-12(5-3-7-19-15)16(21)20-10-4-6-14(20)13-11-17-8-9-18-13/h3,5,7-9,11,14H,2,4,6,10H2,1H3. The summed E-state index contributed by atoms with van der Waals surface area (Å²) in [5.41, 5.74) is 1.33. The van der Waals surface area contributed by atoms with E-state index < -0.39 is 0 Å². The van der Waals surface area contributed by atoms with E-state index in [-0.39, 0.29) is 11.9 Å². The zero-order chi connectivity index (χ0) is 15.4. The van der Waals surface area contributed by atoms with Crippen LogP contribution in [0.25, 0.3) is 0 Å². The molecule has 1 atom stereocenters. The lowest BCUT2D eigenvalue weighted by Gasteiger charge is -2.24. The second kappa shape index (κ2) is 6.51. The Hall–Kier alpha value is -2.50. The third-order valence-corrected chi connectivity index (χ3v) is 3.72. The predicted molar refractivity (Wildman–Crippen MR) is 80.4 cm³/mol. The van der Waals surface area contributed by atoms with Crippen molar-refractivity contribution >= 4 is 5.91 Å². The van der Waals surface area contributed by atoms with Crippen LogP contribution in [0.3, 0.4) is 0 Å². The van der Waals surface area contributed by atoms with Gasteiger partial charge in [0.2, 0.25) is 5.88 Å². The van der Waals surface area contributed by atoms with Crippen LogP contribution in [-0.2, 0) is 0 Å². The number of carbonyl (C=O) groups excluding carboxylic acids is 1. The van der Waals surface area contributed by atoms with Crippen molar-refractivity contribution in [1.29, 1.82) is 0 Å². The Labute approximate surface area is 129 Å². The van der Waals surface area contributed by atoms with Gasteiger partial charge in [-0.2, -0.15) is 0 Å². The minimum atomic E-state index is -0.0651. The van der Waals surface area contributed by atoms with Crippen molar-refractivity contribution in [2.45, 2.75) is 25.8 Å². The predicted octanol–water partition coefficient (Wildman–Crippen LogP) is 2.25. The molecule has 6 heteroatoms. The Morgan fingerprint density at radius 3 is 3.05 bits per heavy atom. The van der Waals surface area contributed by atoms with Crippen LogP contribution in [0, 0.1) is 0 Å². The van der Waals surface area contributed by atoms with Crippen LogP contribution in [0.15, 0.2) is 36.9 Å². The van der Waals surface area contributed by atoms with E-state index in [1.165, 1.54) is 0 Å². The van der Waals surface area contributed by atoms with Crippen LogP contribution in [0.5, 0.6) is 5.88 Å². The van der Waals surface area contributed by atoms with Crippen LogP contribution in [0.2, 0.25) is 0 Å². The highest BCUT2D eigenvalue weighted by Gasteiger charge is 2.33. The minimum Gasteiger partial charge on any atom is -0.477 e. The number of pyridine rings is 1. The van der Waals surface area contributed by atoms with Crippen molar-refractivity contribution in [3.05, 3.63) is 48.2 Å². The summed E-state index contributed by atoms with van der Waals surface area (Å²) in [4.78, 5) is 27.3. The fourth-order valence-electron chi connectivity index (χ4n) is 2.76. The van der Waals surface area contributed by atoms with Gasteiger partial charge in [-0.1, -0.05) is 0 Å². The van der Waals surface area contributed by atoms with E-state index in [1.807, 2.05) is 11.8 Å². The maximum absolute atomic E-state index is 12.9. The summed E-state index contributed by atoms with van der Waals surface area (Å²) in [6.45, 7) is 3.06. The molecule has 6 nitrogen and oxygen atoms in total. The number of aromatic nitrogens is 3. The molecule has 3 rings (SSSR count). The molecule has 1 unspecified atom stereocenters. The van der Waals surface area contributed by atoms with Crippen molar-refractivity contribution in [3.63, 3.8) is 0 Å². The molecule has 1 saturated heterocycles. The zero-order valence-electron chi connectivity index (χ0n) is 12.5. The highest BCUT2D eigenvalue weighted by molar-refractivity contribution is 5.96. The number of ether oxygens (including phenoxy) is 1. The number of nitrogens with zero attached hydrogens (tertiary/aromatic N) is 4. The monoisotopic (exact) mass is 298 g/mol. The molecule has 0 aromatic carbocycles. The molecule has 1 aliphatic rings. The molecule has 2 aromatic rings. The molecular formula is C16H18N4O2. The molecule has 0 radical (unpaired) electrons. The first-order valence-corrected chi connectivity index (χ1v) is 7.46. The van der Waals surface area contributed by atoms with Crippen molar-refractivity contribution in [2.24, 2.45) is 0 Å². The molecule has 0 spiro atoms. The molecule has 1 fully saturated rings. The highest BCUT2D eigenvalue weighted by atomic mass is 16.5. The molecule has 0 bridgehead atoms. The Balaban J connectivity index is 1.88. The first-order chi connectivity index (χ1) is 10.8.